The Morgan fingerprint density at radius 1 is 0.714 bits per heavy atom. The second-order valence-electron chi connectivity index (χ2n) is 4.38. The van der Waals surface area contributed by atoms with Gasteiger partial charge in [-0.2, -0.15) is 0 Å². The first-order valence-corrected chi connectivity index (χ1v) is 6.01. The van der Waals surface area contributed by atoms with Crippen LogP contribution >= 0.6 is 0 Å². The largest absolute Gasteiger partial charge is 0.0813 e. The molecular weight excluding hydrogens is 168 g/mol. The number of allylic oxidation sites excluding steroid dienone is 6. The summed E-state index contributed by atoms with van der Waals surface area (Å²) >= 11 is 0. The van der Waals surface area contributed by atoms with Crippen LogP contribution in [0.3, 0.4) is 0 Å². The SMILES string of the molecule is C1=C(/C=C\C2=CCCCC2)CCCC1. The van der Waals surface area contributed by atoms with Crippen LogP contribution in [0.4, 0.5) is 0 Å². The van der Waals surface area contributed by atoms with Gasteiger partial charge in [0, 0.05) is 0 Å². The topological polar surface area (TPSA) is 0 Å². The fourth-order valence-corrected chi connectivity index (χ4v) is 2.24. The third kappa shape index (κ3) is 2.87. The molecule has 0 N–H and O–H groups in total. The van der Waals surface area contributed by atoms with E-state index < -0.39 is 0 Å². The Bertz CT molecular complexity index is 238. The predicted molar refractivity (Wildman–Crippen MR) is 62.2 cm³/mol. The molecule has 0 heteroatoms. The van der Waals surface area contributed by atoms with Crippen molar-refractivity contribution in [3.63, 3.8) is 0 Å². The minimum Gasteiger partial charge on any atom is -0.0813 e. The third-order valence-electron chi connectivity index (χ3n) is 3.16. The van der Waals surface area contributed by atoms with Crippen molar-refractivity contribution in [1.29, 1.82) is 0 Å². The smallest absolute Gasteiger partial charge is 0.0282 e. The van der Waals surface area contributed by atoms with Crippen LogP contribution in [-0.2, 0) is 0 Å². The van der Waals surface area contributed by atoms with Crippen molar-refractivity contribution in [2.75, 3.05) is 0 Å². The van der Waals surface area contributed by atoms with E-state index in [1.54, 1.807) is 11.1 Å². The lowest BCUT2D eigenvalue weighted by molar-refractivity contribution is 0.707. The van der Waals surface area contributed by atoms with Gasteiger partial charge in [0.05, 0.1) is 0 Å². The number of hydrogen-bond donors (Lipinski definition) is 0. The molecule has 0 saturated carbocycles. The molecule has 0 atom stereocenters. The van der Waals surface area contributed by atoms with Crippen LogP contribution in [0.15, 0.2) is 35.5 Å². The molecule has 0 heterocycles. The maximum Gasteiger partial charge on any atom is -0.0282 e. The van der Waals surface area contributed by atoms with Gasteiger partial charge >= 0.3 is 0 Å². The van der Waals surface area contributed by atoms with Crippen LogP contribution in [0.5, 0.6) is 0 Å². The zero-order valence-electron chi connectivity index (χ0n) is 8.97. The summed E-state index contributed by atoms with van der Waals surface area (Å²) in [5, 5.41) is 0. The van der Waals surface area contributed by atoms with Crippen molar-refractivity contribution < 1.29 is 0 Å². The molecule has 0 aliphatic heterocycles. The van der Waals surface area contributed by atoms with Gasteiger partial charge in [0.15, 0.2) is 0 Å². The zero-order valence-corrected chi connectivity index (χ0v) is 8.97. The summed E-state index contributed by atoms with van der Waals surface area (Å²) in [5.74, 6) is 0. The van der Waals surface area contributed by atoms with E-state index in [0.717, 1.165) is 0 Å². The summed E-state index contributed by atoms with van der Waals surface area (Å²) in [4.78, 5) is 0. The van der Waals surface area contributed by atoms with Gasteiger partial charge in [-0.1, -0.05) is 35.5 Å². The van der Waals surface area contributed by atoms with Crippen LogP contribution in [-0.4, -0.2) is 0 Å². The van der Waals surface area contributed by atoms with Gasteiger partial charge in [-0.05, 0) is 51.4 Å². The minimum absolute atomic E-state index is 1.29. The van der Waals surface area contributed by atoms with E-state index in [2.05, 4.69) is 24.3 Å². The fourth-order valence-electron chi connectivity index (χ4n) is 2.24. The van der Waals surface area contributed by atoms with E-state index in [1.165, 1.54) is 51.4 Å². The minimum atomic E-state index is 1.29. The Labute approximate surface area is 87.4 Å². The second kappa shape index (κ2) is 5.19. The van der Waals surface area contributed by atoms with E-state index in [0.29, 0.717) is 0 Å². The average Bonchev–Trinajstić information content (AvgIpc) is 2.29. The molecule has 0 aromatic heterocycles. The van der Waals surface area contributed by atoms with Crippen molar-refractivity contribution in [3.8, 4) is 0 Å². The highest BCUT2D eigenvalue weighted by molar-refractivity contribution is 5.29. The molecular formula is C14H20. The summed E-state index contributed by atoms with van der Waals surface area (Å²) in [6.07, 6.45) is 20.2. The molecule has 2 rings (SSSR count). The molecule has 14 heavy (non-hydrogen) atoms. The van der Waals surface area contributed by atoms with E-state index in [1.807, 2.05) is 0 Å². The van der Waals surface area contributed by atoms with Gasteiger partial charge in [0.2, 0.25) is 0 Å². The van der Waals surface area contributed by atoms with Gasteiger partial charge in [-0.3, -0.25) is 0 Å². The molecule has 0 fully saturated rings. The van der Waals surface area contributed by atoms with Crippen molar-refractivity contribution in [1.82, 2.24) is 0 Å². The molecule has 2 aliphatic rings. The van der Waals surface area contributed by atoms with Crippen molar-refractivity contribution in [3.05, 3.63) is 35.5 Å². The first-order chi connectivity index (χ1) is 6.95. The van der Waals surface area contributed by atoms with Gasteiger partial charge in [0.1, 0.15) is 0 Å². The van der Waals surface area contributed by atoms with Gasteiger partial charge in [0.25, 0.3) is 0 Å². The second-order valence-corrected chi connectivity index (χ2v) is 4.38. The molecule has 0 radical (unpaired) electrons. The number of rotatable bonds is 2. The first kappa shape index (κ1) is 9.76. The Hall–Kier alpha value is -0.780. The highest BCUT2D eigenvalue weighted by atomic mass is 14.1. The first-order valence-electron chi connectivity index (χ1n) is 6.01. The highest BCUT2D eigenvalue weighted by Gasteiger charge is 2.02. The van der Waals surface area contributed by atoms with Crippen molar-refractivity contribution in [2.45, 2.75) is 51.4 Å². The molecule has 2 aliphatic carbocycles. The summed E-state index contributed by atoms with van der Waals surface area (Å²) in [6.45, 7) is 0. The Morgan fingerprint density at radius 3 is 1.57 bits per heavy atom. The number of hydrogen-bond acceptors (Lipinski definition) is 0. The highest BCUT2D eigenvalue weighted by Crippen LogP contribution is 2.22. The van der Waals surface area contributed by atoms with Gasteiger partial charge < -0.3 is 0 Å². The molecule has 76 valence electrons. The normalized spacial score (nSPS) is 23.4. The average molecular weight is 188 g/mol. The van der Waals surface area contributed by atoms with E-state index in [-0.39, 0.29) is 0 Å². The molecule has 0 nitrogen and oxygen atoms in total. The van der Waals surface area contributed by atoms with E-state index >= 15 is 0 Å². The molecule has 0 bridgehead atoms. The molecule has 0 spiro atoms. The Kier molecular flexibility index (Phi) is 3.62. The van der Waals surface area contributed by atoms with Gasteiger partial charge in [-0.25, -0.2) is 0 Å². The Morgan fingerprint density at radius 2 is 1.21 bits per heavy atom. The maximum absolute atomic E-state index is 2.41. The van der Waals surface area contributed by atoms with Crippen LogP contribution in [0.2, 0.25) is 0 Å². The van der Waals surface area contributed by atoms with Crippen LogP contribution in [0, 0.1) is 0 Å². The maximum atomic E-state index is 2.41. The molecule has 0 saturated heterocycles. The lowest BCUT2D eigenvalue weighted by Crippen LogP contribution is -1.91. The summed E-state index contributed by atoms with van der Waals surface area (Å²) in [7, 11) is 0. The molecule has 0 aromatic rings. The summed E-state index contributed by atoms with van der Waals surface area (Å²) < 4.78 is 0. The lowest BCUT2D eigenvalue weighted by Gasteiger charge is -2.10. The standard InChI is InChI=1S/C14H20/c1-3-7-13(8-4-1)11-12-14-9-5-2-6-10-14/h7,9,11-12H,1-6,8,10H2/b12-11-. The van der Waals surface area contributed by atoms with Crippen LogP contribution in [0.25, 0.3) is 0 Å². The van der Waals surface area contributed by atoms with E-state index in [4.69, 9.17) is 0 Å². The quantitative estimate of drug-likeness (QED) is 0.596. The van der Waals surface area contributed by atoms with Gasteiger partial charge in [-0.15, -0.1) is 0 Å². The van der Waals surface area contributed by atoms with E-state index in [9.17, 15) is 0 Å². The van der Waals surface area contributed by atoms with Crippen molar-refractivity contribution >= 4 is 0 Å². The monoisotopic (exact) mass is 188 g/mol. The summed E-state index contributed by atoms with van der Waals surface area (Å²) in [6, 6.07) is 0. The molecule has 0 amide bonds. The van der Waals surface area contributed by atoms with Crippen LogP contribution < -0.4 is 0 Å². The van der Waals surface area contributed by atoms with Crippen LogP contribution in [0.1, 0.15) is 51.4 Å². The zero-order chi connectivity index (χ0) is 9.64. The summed E-state index contributed by atoms with van der Waals surface area (Å²) in [5.41, 5.74) is 3.12. The fraction of sp³-hybridized carbons (Fsp3) is 0.571. The lowest BCUT2D eigenvalue weighted by atomic mass is 9.96. The predicted octanol–water partition coefficient (Wildman–Crippen LogP) is 4.54. The Balaban J connectivity index is 1.91. The third-order valence-corrected chi connectivity index (χ3v) is 3.16. The molecule has 0 unspecified atom stereocenters. The van der Waals surface area contributed by atoms with Crippen molar-refractivity contribution in [2.24, 2.45) is 0 Å². The molecule has 0 aromatic carbocycles.